The minimum Gasteiger partial charge on any atom is -0.496 e. The van der Waals surface area contributed by atoms with E-state index in [0.717, 1.165) is 6.07 Å². The number of benzene rings is 2. The van der Waals surface area contributed by atoms with Gasteiger partial charge in [-0.25, -0.2) is 0 Å². The molecule has 0 saturated carbocycles. The summed E-state index contributed by atoms with van der Waals surface area (Å²) in [5.74, 6) is -0.656. The van der Waals surface area contributed by atoms with E-state index in [0.29, 0.717) is 6.07 Å². The molecule has 2 aromatic rings. The molecule has 1 amide bonds. The van der Waals surface area contributed by atoms with Crippen LogP contribution < -0.4 is 10.1 Å². The molecule has 3 rings (SSSR count). The third kappa shape index (κ3) is 2.32. The highest BCUT2D eigenvalue weighted by atomic mass is 35.5. The molecule has 126 valence electrons. The predicted octanol–water partition coefficient (Wildman–Crippen LogP) is 3.56. The summed E-state index contributed by atoms with van der Waals surface area (Å²) in [6.07, 6.45) is -4.68. The number of carbonyl (C=O) groups is 1. The lowest BCUT2D eigenvalue weighted by atomic mass is 9.86. The molecule has 8 heteroatoms. The lowest BCUT2D eigenvalue weighted by molar-refractivity contribution is -0.137. The molecule has 1 aliphatic rings. The average Bonchev–Trinajstić information content (AvgIpc) is 2.77. The highest BCUT2D eigenvalue weighted by molar-refractivity contribution is 6.32. The van der Waals surface area contributed by atoms with Gasteiger partial charge in [-0.3, -0.25) is 4.79 Å². The second-order valence-corrected chi connectivity index (χ2v) is 5.65. The topological polar surface area (TPSA) is 58.6 Å². The molecule has 0 radical (unpaired) electrons. The van der Waals surface area contributed by atoms with Crippen molar-refractivity contribution in [3.8, 4) is 5.75 Å². The molecule has 1 heterocycles. The van der Waals surface area contributed by atoms with E-state index < -0.39 is 28.3 Å². The second-order valence-electron chi connectivity index (χ2n) is 5.24. The first kappa shape index (κ1) is 16.6. The fourth-order valence-corrected chi connectivity index (χ4v) is 3.01. The molecule has 0 spiro atoms. The Morgan fingerprint density at radius 1 is 1.21 bits per heavy atom. The number of aliphatic hydroxyl groups is 1. The van der Waals surface area contributed by atoms with Crippen LogP contribution in [0.5, 0.6) is 5.75 Å². The molecule has 1 aliphatic heterocycles. The minimum absolute atomic E-state index is 0.0602. The van der Waals surface area contributed by atoms with Gasteiger partial charge < -0.3 is 15.2 Å². The number of carbonyl (C=O) groups excluding carboxylic acids is 1. The number of nitrogens with one attached hydrogen (secondary N) is 1. The number of ether oxygens (including phenoxy) is 1. The van der Waals surface area contributed by atoms with Gasteiger partial charge in [-0.05, 0) is 18.2 Å². The largest absolute Gasteiger partial charge is 0.496 e. The summed E-state index contributed by atoms with van der Waals surface area (Å²) < 4.78 is 44.0. The van der Waals surface area contributed by atoms with Crippen LogP contribution >= 0.6 is 11.6 Å². The Labute approximate surface area is 139 Å². The number of methoxy groups -OCH3 is 1. The quantitative estimate of drug-likeness (QED) is 0.864. The van der Waals surface area contributed by atoms with Gasteiger partial charge in [-0.2, -0.15) is 13.2 Å². The van der Waals surface area contributed by atoms with E-state index in [-0.39, 0.29) is 22.6 Å². The maximum absolute atomic E-state index is 13.0. The van der Waals surface area contributed by atoms with E-state index in [9.17, 15) is 23.1 Å². The predicted molar refractivity (Wildman–Crippen MR) is 81.1 cm³/mol. The number of halogens is 4. The fraction of sp³-hybridized carbons (Fsp3) is 0.188. The summed E-state index contributed by atoms with van der Waals surface area (Å²) in [7, 11) is 1.36. The molecule has 0 aliphatic carbocycles. The summed E-state index contributed by atoms with van der Waals surface area (Å²) >= 11 is 5.73. The Morgan fingerprint density at radius 3 is 2.50 bits per heavy atom. The molecule has 1 atom stereocenters. The number of para-hydroxylation sites is 1. The molecule has 0 fully saturated rings. The minimum atomic E-state index is -4.68. The Morgan fingerprint density at radius 2 is 1.88 bits per heavy atom. The molecular weight excluding hydrogens is 347 g/mol. The van der Waals surface area contributed by atoms with E-state index >= 15 is 0 Å². The van der Waals surface area contributed by atoms with Crippen molar-refractivity contribution in [2.45, 2.75) is 11.8 Å². The summed E-state index contributed by atoms with van der Waals surface area (Å²) in [4.78, 5) is 12.4. The van der Waals surface area contributed by atoms with E-state index in [1.807, 2.05) is 0 Å². The van der Waals surface area contributed by atoms with E-state index in [4.69, 9.17) is 16.3 Å². The van der Waals surface area contributed by atoms with Crippen LogP contribution in [0.1, 0.15) is 16.7 Å². The van der Waals surface area contributed by atoms with Crippen molar-refractivity contribution < 1.29 is 27.8 Å². The highest BCUT2D eigenvalue weighted by Gasteiger charge is 2.50. The first-order valence-corrected chi connectivity index (χ1v) is 7.16. The van der Waals surface area contributed by atoms with Crippen LogP contribution in [-0.2, 0) is 16.6 Å². The first-order chi connectivity index (χ1) is 11.2. The van der Waals surface area contributed by atoms with Crippen LogP contribution in [0.15, 0.2) is 36.4 Å². The number of fused-ring (bicyclic) bond motifs is 1. The van der Waals surface area contributed by atoms with Crippen molar-refractivity contribution in [3.63, 3.8) is 0 Å². The molecule has 0 saturated heterocycles. The molecule has 24 heavy (non-hydrogen) atoms. The SMILES string of the molecule is COc1ccccc1C1(O)C(=O)Nc2cc(C(F)(F)F)c(Cl)cc21. The fourth-order valence-electron chi connectivity index (χ4n) is 2.74. The Balaban J connectivity index is 2.25. The number of amides is 1. The second kappa shape index (κ2) is 5.39. The van der Waals surface area contributed by atoms with E-state index in [1.54, 1.807) is 12.1 Å². The maximum Gasteiger partial charge on any atom is 0.417 e. The van der Waals surface area contributed by atoms with Crippen LogP contribution in [0.25, 0.3) is 0 Å². The van der Waals surface area contributed by atoms with Crippen molar-refractivity contribution >= 4 is 23.2 Å². The lowest BCUT2D eigenvalue weighted by Crippen LogP contribution is -2.35. The van der Waals surface area contributed by atoms with E-state index in [2.05, 4.69) is 5.32 Å². The molecule has 0 aromatic heterocycles. The zero-order valence-corrected chi connectivity index (χ0v) is 13.0. The van der Waals surface area contributed by atoms with Crippen molar-refractivity contribution in [3.05, 3.63) is 58.1 Å². The van der Waals surface area contributed by atoms with Crippen LogP contribution in [0.2, 0.25) is 5.02 Å². The van der Waals surface area contributed by atoms with Gasteiger partial charge in [0.25, 0.3) is 5.91 Å². The standard InChI is InChI=1S/C16H11ClF3NO3/c1-24-13-5-3-2-4-8(13)15(23)10-6-11(17)9(16(18,19)20)7-12(10)21-14(15)22/h2-7,23H,1H3,(H,21,22). The molecule has 4 nitrogen and oxygen atoms in total. The lowest BCUT2D eigenvalue weighted by Gasteiger charge is -2.24. The summed E-state index contributed by atoms with van der Waals surface area (Å²) in [6, 6.07) is 7.86. The van der Waals surface area contributed by atoms with Crippen LogP contribution in [0.3, 0.4) is 0 Å². The van der Waals surface area contributed by atoms with Gasteiger partial charge in [0.1, 0.15) is 5.75 Å². The number of rotatable bonds is 2. The molecule has 2 N–H and O–H groups in total. The third-order valence-corrected chi connectivity index (χ3v) is 4.19. The van der Waals surface area contributed by atoms with Crippen molar-refractivity contribution in [1.29, 1.82) is 0 Å². The van der Waals surface area contributed by atoms with Crippen LogP contribution in [0.4, 0.5) is 18.9 Å². The molecule has 0 bridgehead atoms. The van der Waals surface area contributed by atoms with Crippen molar-refractivity contribution in [1.82, 2.24) is 0 Å². The molecule has 2 aromatic carbocycles. The van der Waals surface area contributed by atoms with E-state index in [1.165, 1.54) is 19.2 Å². The van der Waals surface area contributed by atoms with Crippen molar-refractivity contribution in [2.24, 2.45) is 0 Å². The summed E-state index contributed by atoms with van der Waals surface area (Å²) in [5, 5.41) is 12.7. The van der Waals surface area contributed by atoms with Gasteiger partial charge in [-0.1, -0.05) is 29.8 Å². The van der Waals surface area contributed by atoms with Crippen LogP contribution in [-0.4, -0.2) is 18.1 Å². The number of anilines is 1. The molecular formula is C16H11ClF3NO3. The normalized spacial score (nSPS) is 19.8. The smallest absolute Gasteiger partial charge is 0.417 e. The maximum atomic E-state index is 13.0. The van der Waals surface area contributed by atoms with Gasteiger partial charge in [0.15, 0.2) is 5.60 Å². The van der Waals surface area contributed by atoms with Gasteiger partial charge in [0.2, 0.25) is 0 Å². The zero-order valence-electron chi connectivity index (χ0n) is 12.2. The Bertz CT molecular complexity index is 838. The van der Waals surface area contributed by atoms with Gasteiger partial charge in [0.05, 0.1) is 17.7 Å². The van der Waals surface area contributed by atoms with Crippen LogP contribution in [0, 0.1) is 0 Å². The number of hydrogen-bond donors (Lipinski definition) is 2. The third-order valence-electron chi connectivity index (χ3n) is 3.88. The Hall–Kier alpha value is -2.25. The van der Waals surface area contributed by atoms with Crippen molar-refractivity contribution in [2.75, 3.05) is 12.4 Å². The Kier molecular flexibility index (Phi) is 3.73. The summed E-state index contributed by atoms with van der Waals surface area (Å²) in [5.41, 5.74) is -3.39. The van der Waals surface area contributed by atoms with Gasteiger partial charge in [-0.15, -0.1) is 0 Å². The number of hydrogen-bond acceptors (Lipinski definition) is 3. The summed E-state index contributed by atoms with van der Waals surface area (Å²) in [6.45, 7) is 0. The first-order valence-electron chi connectivity index (χ1n) is 6.78. The number of alkyl halides is 3. The monoisotopic (exact) mass is 357 g/mol. The van der Waals surface area contributed by atoms with Gasteiger partial charge >= 0.3 is 6.18 Å². The molecule has 1 unspecified atom stereocenters. The zero-order chi connectivity index (χ0) is 17.7. The van der Waals surface area contributed by atoms with Gasteiger partial charge in [0, 0.05) is 16.8 Å². The highest BCUT2D eigenvalue weighted by Crippen LogP contribution is 2.47. The average molecular weight is 358 g/mol.